The predicted octanol–water partition coefficient (Wildman–Crippen LogP) is 4.11. The minimum atomic E-state index is -0.336. The second-order valence-electron chi connectivity index (χ2n) is 5.29. The zero-order valence-corrected chi connectivity index (χ0v) is 14.5. The number of hydrogen-bond donors (Lipinski definition) is 2. The van der Waals surface area contributed by atoms with Crippen molar-refractivity contribution in [3.63, 3.8) is 0 Å². The lowest BCUT2D eigenvalue weighted by molar-refractivity contribution is 0.0963. The number of amides is 1. The van der Waals surface area contributed by atoms with Gasteiger partial charge in [0.15, 0.2) is 0 Å². The molecular weight excluding hydrogens is 373 g/mol. The molecule has 0 radical (unpaired) electrons. The Labute approximate surface area is 147 Å². The van der Waals surface area contributed by atoms with Crippen LogP contribution in [0, 0.1) is 5.82 Å². The summed E-state index contributed by atoms with van der Waals surface area (Å²) in [5.74, 6) is 0.218. The standard InChI is InChI=1S/C18H15BrFN3O/c1-21-18(24)12-4-2-11(3-5-12)10-22-17-7-6-13-8-14(19)15(20)9-16(13)23-17/h2-9H,10H2,1H3,(H,21,24)(H,22,23). The highest BCUT2D eigenvalue weighted by molar-refractivity contribution is 9.10. The van der Waals surface area contributed by atoms with E-state index in [4.69, 9.17) is 0 Å². The first-order valence-corrected chi connectivity index (χ1v) is 8.17. The molecular formula is C18H15BrFN3O. The maximum Gasteiger partial charge on any atom is 0.251 e. The van der Waals surface area contributed by atoms with E-state index in [-0.39, 0.29) is 11.7 Å². The first-order chi connectivity index (χ1) is 11.6. The quantitative estimate of drug-likeness (QED) is 0.708. The highest BCUT2D eigenvalue weighted by Crippen LogP contribution is 2.23. The third-order valence-electron chi connectivity index (χ3n) is 3.65. The van der Waals surface area contributed by atoms with E-state index in [0.29, 0.717) is 27.9 Å². The zero-order chi connectivity index (χ0) is 17.1. The van der Waals surface area contributed by atoms with Crippen LogP contribution in [0.15, 0.2) is 53.0 Å². The summed E-state index contributed by atoms with van der Waals surface area (Å²) in [6.45, 7) is 0.561. The lowest BCUT2D eigenvalue weighted by atomic mass is 10.1. The number of anilines is 1. The summed E-state index contributed by atoms with van der Waals surface area (Å²) in [5.41, 5.74) is 2.23. The Morgan fingerprint density at radius 1 is 1.17 bits per heavy atom. The molecule has 4 nitrogen and oxygen atoms in total. The smallest absolute Gasteiger partial charge is 0.251 e. The average molecular weight is 388 g/mol. The monoisotopic (exact) mass is 387 g/mol. The van der Waals surface area contributed by atoms with E-state index in [0.717, 1.165) is 10.9 Å². The lowest BCUT2D eigenvalue weighted by Crippen LogP contribution is -2.17. The summed E-state index contributed by atoms with van der Waals surface area (Å²) in [6, 6.07) is 14.2. The molecule has 0 saturated carbocycles. The van der Waals surface area contributed by atoms with Crippen molar-refractivity contribution in [2.24, 2.45) is 0 Å². The van der Waals surface area contributed by atoms with Gasteiger partial charge in [0.25, 0.3) is 5.91 Å². The Hall–Kier alpha value is -2.47. The highest BCUT2D eigenvalue weighted by Gasteiger charge is 2.05. The molecule has 0 unspecified atom stereocenters. The minimum absolute atomic E-state index is 0.112. The summed E-state index contributed by atoms with van der Waals surface area (Å²) < 4.78 is 14.0. The summed E-state index contributed by atoms with van der Waals surface area (Å²) in [4.78, 5) is 15.9. The summed E-state index contributed by atoms with van der Waals surface area (Å²) in [7, 11) is 1.60. The van der Waals surface area contributed by atoms with Gasteiger partial charge in [-0.3, -0.25) is 4.79 Å². The minimum Gasteiger partial charge on any atom is -0.366 e. The van der Waals surface area contributed by atoms with Crippen molar-refractivity contribution in [1.29, 1.82) is 0 Å². The van der Waals surface area contributed by atoms with Gasteiger partial charge in [-0.05, 0) is 51.8 Å². The van der Waals surface area contributed by atoms with Crippen LogP contribution >= 0.6 is 15.9 Å². The molecule has 0 bridgehead atoms. The second-order valence-corrected chi connectivity index (χ2v) is 6.14. The SMILES string of the molecule is CNC(=O)c1ccc(CNc2ccc3cc(Br)c(F)cc3n2)cc1. The number of nitrogens with one attached hydrogen (secondary N) is 2. The number of carbonyl (C=O) groups excluding carboxylic acids is 1. The Bertz CT molecular complexity index is 897. The fourth-order valence-corrected chi connectivity index (χ4v) is 2.69. The second kappa shape index (κ2) is 6.97. The van der Waals surface area contributed by atoms with Gasteiger partial charge in [0.2, 0.25) is 0 Å². The number of rotatable bonds is 4. The van der Waals surface area contributed by atoms with Crippen molar-refractivity contribution in [3.8, 4) is 0 Å². The zero-order valence-electron chi connectivity index (χ0n) is 12.9. The Morgan fingerprint density at radius 2 is 1.92 bits per heavy atom. The number of hydrogen-bond acceptors (Lipinski definition) is 3. The van der Waals surface area contributed by atoms with Crippen molar-refractivity contribution in [3.05, 3.63) is 69.9 Å². The fourth-order valence-electron chi connectivity index (χ4n) is 2.33. The number of benzene rings is 2. The molecule has 0 fully saturated rings. The van der Waals surface area contributed by atoms with Crippen molar-refractivity contribution in [2.45, 2.75) is 6.54 Å². The Morgan fingerprint density at radius 3 is 2.62 bits per heavy atom. The molecule has 0 spiro atoms. The van der Waals surface area contributed by atoms with Crippen molar-refractivity contribution in [1.82, 2.24) is 10.3 Å². The number of carbonyl (C=O) groups is 1. The Balaban J connectivity index is 1.73. The van der Waals surface area contributed by atoms with E-state index in [1.54, 1.807) is 25.2 Å². The van der Waals surface area contributed by atoms with Crippen LogP contribution in [-0.2, 0) is 6.54 Å². The first kappa shape index (κ1) is 16.4. The molecule has 2 N–H and O–H groups in total. The average Bonchev–Trinajstić information content (AvgIpc) is 2.60. The van der Waals surface area contributed by atoms with Gasteiger partial charge >= 0.3 is 0 Å². The van der Waals surface area contributed by atoms with Gasteiger partial charge in [-0.1, -0.05) is 12.1 Å². The van der Waals surface area contributed by atoms with Gasteiger partial charge < -0.3 is 10.6 Å². The van der Waals surface area contributed by atoms with E-state index in [2.05, 4.69) is 31.5 Å². The van der Waals surface area contributed by atoms with Gasteiger partial charge in [-0.25, -0.2) is 9.37 Å². The Kier molecular flexibility index (Phi) is 4.76. The normalized spacial score (nSPS) is 10.6. The molecule has 0 aliphatic carbocycles. The maximum absolute atomic E-state index is 13.6. The molecule has 24 heavy (non-hydrogen) atoms. The molecule has 0 aliphatic heterocycles. The van der Waals surface area contributed by atoms with Crippen LogP contribution < -0.4 is 10.6 Å². The van der Waals surface area contributed by atoms with Gasteiger partial charge in [-0.2, -0.15) is 0 Å². The lowest BCUT2D eigenvalue weighted by Gasteiger charge is -2.08. The van der Waals surface area contributed by atoms with E-state index in [1.807, 2.05) is 24.3 Å². The molecule has 3 rings (SSSR count). The molecule has 1 aromatic heterocycles. The number of aromatic nitrogens is 1. The summed E-state index contributed by atoms with van der Waals surface area (Å²) in [5, 5.41) is 6.65. The van der Waals surface area contributed by atoms with Gasteiger partial charge in [-0.15, -0.1) is 0 Å². The number of pyridine rings is 1. The molecule has 6 heteroatoms. The van der Waals surface area contributed by atoms with E-state index in [9.17, 15) is 9.18 Å². The molecule has 1 amide bonds. The third kappa shape index (κ3) is 3.54. The van der Waals surface area contributed by atoms with Gasteiger partial charge in [0, 0.05) is 30.6 Å². The van der Waals surface area contributed by atoms with Crippen molar-refractivity contribution < 1.29 is 9.18 Å². The molecule has 0 saturated heterocycles. The molecule has 0 atom stereocenters. The van der Waals surface area contributed by atoms with Crippen molar-refractivity contribution in [2.75, 3.05) is 12.4 Å². The number of fused-ring (bicyclic) bond motifs is 1. The maximum atomic E-state index is 13.6. The first-order valence-electron chi connectivity index (χ1n) is 7.37. The number of halogens is 2. The third-order valence-corrected chi connectivity index (χ3v) is 4.26. The summed E-state index contributed by atoms with van der Waals surface area (Å²) in [6.07, 6.45) is 0. The largest absolute Gasteiger partial charge is 0.366 e. The summed E-state index contributed by atoms with van der Waals surface area (Å²) >= 11 is 3.17. The van der Waals surface area contributed by atoms with Crippen LogP contribution in [0.2, 0.25) is 0 Å². The topological polar surface area (TPSA) is 54.0 Å². The van der Waals surface area contributed by atoms with Gasteiger partial charge in [0.05, 0.1) is 9.99 Å². The van der Waals surface area contributed by atoms with E-state index >= 15 is 0 Å². The van der Waals surface area contributed by atoms with Crippen LogP contribution in [0.5, 0.6) is 0 Å². The molecule has 0 aliphatic rings. The van der Waals surface area contributed by atoms with Crippen LogP contribution in [0.1, 0.15) is 15.9 Å². The number of nitrogens with zero attached hydrogens (tertiary/aromatic N) is 1. The predicted molar refractivity (Wildman–Crippen MR) is 96.6 cm³/mol. The molecule has 1 heterocycles. The van der Waals surface area contributed by atoms with Crippen LogP contribution in [0.25, 0.3) is 10.9 Å². The van der Waals surface area contributed by atoms with Crippen molar-refractivity contribution >= 4 is 38.6 Å². The fraction of sp³-hybridized carbons (Fsp3) is 0.111. The van der Waals surface area contributed by atoms with Gasteiger partial charge in [0.1, 0.15) is 11.6 Å². The van der Waals surface area contributed by atoms with Crippen LogP contribution in [0.4, 0.5) is 10.2 Å². The van der Waals surface area contributed by atoms with E-state index < -0.39 is 0 Å². The molecule has 2 aromatic carbocycles. The van der Waals surface area contributed by atoms with Crippen LogP contribution in [0.3, 0.4) is 0 Å². The molecule has 3 aromatic rings. The highest BCUT2D eigenvalue weighted by atomic mass is 79.9. The van der Waals surface area contributed by atoms with Crippen LogP contribution in [-0.4, -0.2) is 17.9 Å². The van der Waals surface area contributed by atoms with E-state index in [1.165, 1.54) is 6.07 Å². The molecule has 122 valence electrons.